The number of halogens is 4. The van der Waals surface area contributed by atoms with Crippen molar-refractivity contribution in [3.05, 3.63) is 58.9 Å². The summed E-state index contributed by atoms with van der Waals surface area (Å²) in [6, 6.07) is 6.16. The van der Waals surface area contributed by atoms with Crippen LogP contribution in [0.15, 0.2) is 47.6 Å². The molecule has 6 nitrogen and oxygen atoms in total. The Morgan fingerprint density at radius 3 is 2.30 bits per heavy atom. The second-order valence-corrected chi connectivity index (χ2v) is 9.12. The number of hydrogen-bond donors (Lipinski definition) is 0. The fraction of sp³-hybridized carbons (Fsp3) is 0.368. The summed E-state index contributed by atoms with van der Waals surface area (Å²) in [5.41, 5.74) is -0.224. The highest BCUT2D eigenvalue weighted by Gasteiger charge is 2.36. The number of carbonyl (C=O) groups is 1. The highest BCUT2D eigenvalue weighted by atomic mass is 35.5. The van der Waals surface area contributed by atoms with Crippen molar-refractivity contribution in [1.82, 2.24) is 14.2 Å². The topological polar surface area (TPSA) is 70.6 Å². The number of hydrogen-bond acceptors (Lipinski definition) is 4. The first-order valence-electron chi connectivity index (χ1n) is 9.12. The normalized spacial score (nSPS) is 15.9. The average molecular weight is 462 g/mol. The molecular weight excluding hydrogens is 443 g/mol. The number of aryl methyl sites for hydroxylation is 1. The number of pyridine rings is 1. The minimum absolute atomic E-state index is 0.00725. The summed E-state index contributed by atoms with van der Waals surface area (Å²) in [5, 5.41) is -0.564. The summed E-state index contributed by atoms with van der Waals surface area (Å²) in [6.07, 6.45) is -0.648. The molecule has 1 amide bonds. The predicted molar refractivity (Wildman–Crippen MR) is 104 cm³/mol. The van der Waals surface area contributed by atoms with Gasteiger partial charge < -0.3 is 4.90 Å². The Labute approximate surface area is 177 Å². The molecule has 1 aromatic heterocycles. The quantitative estimate of drug-likeness (QED) is 0.685. The monoisotopic (exact) mass is 461 g/mol. The summed E-state index contributed by atoms with van der Waals surface area (Å²) < 4.78 is 65.8. The van der Waals surface area contributed by atoms with Crippen LogP contribution in [0.2, 0.25) is 5.02 Å². The first-order valence-corrected chi connectivity index (χ1v) is 10.9. The van der Waals surface area contributed by atoms with Crippen LogP contribution in [0.4, 0.5) is 13.2 Å². The van der Waals surface area contributed by atoms with Crippen molar-refractivity contribution in [2.75, 3.05) is 26.2 Å². The number of benzene rings is 1. The number of carbonyl (C=O) groups excluding carboxylic acids is 1. The molecule has 2 heterocycles. The zero-order valence-electron chi connectivity index (χ0n) is 15.8. The Bertz CT molecular complexity index is 1010. The molecule has 0 unspecified atom stereocenters. The SMILES string of the molecule is O=C(CCc1ccncc1)N1CCN(S(=O)(=O)c2ccc(Cl)c(C(F)(F)F)c2)CC1. The lowest BCUT2D eigenvalue weighted by Gasteiger charge is -2.34. The van der Waals surface area contributed by atoms with E-state index in [1.807, 2.05) is 12.1 Å². The molecule has 0 radical (unpaired) electrons. The summed E-state index contributed by atoms with van der Waals surface area (Å²) in [4.78, 5) is 17.4. The summed E-state index contributed by atoms with van der Waals surface area (Å²) in [5.74, 6) is -0.102. The Morgan fingerprint density at radius 2 is 1.70 bits per heavy atom. The van der Waals surface area contributed by atoms with Crippen LogP contribution in [0.1, 0.15) is 17.5 Å². The third-order valence-electron chi connectivity index (χ3n) is 4.85. The molecule has 1 aliphatic heterocycles. The second kappa shape index (κ2) is 8.91. The Hall–Kier alpha value is -2.17. The maximum Gasteiger partial charge on any atom is 0.417 e. The molecule has 30 heavy (non-hydrogen) atoms. The van der Waals surface area contributed by atoms with Gasteiger partial charge >= 0.3 is 6.18 Å². The van der Waals surface area contributed by atoms with Gasteiger partial charge in [0.1, 0.15) is 0 Å². The molecule has 1 saturated heterocycles. The molecule has 11 heteroatoms. The van der Waals surface area contributed by atoms with Gasteiger partial charge in [0.15, 0.2) is 0 Å². The fourth-order valence-electron chi connectivity index (χ4n) is 3.17. The molecule has 0 saturated carbocycles. The first-order chi connectivity index (χ1) is 14.1. The number of sulfonamides is 1. The smallest absolute Gasteiger partial charge is 0.340 e. The van der Waals surface area contributed by atoms with Crippen LogP contribution in [0.3, 0.4) is 0 Å². The van der Waals surface area contributed by atoms with E-state index in [0.29, 0.717) is 12.5 Å². The Kier molecular flexibility index (Phi) is 6.68. The van der Waals surface area contributed by atoms with Gasteiger partial charge in [0.05, 0.1) is 15.5 Å². The van der Waals surface area contributed by atoms with Gasteiger partial charge in [-0.3, -0.25) is 9.78 Å². The molecule has 0 atom stereocenters. The van der Waals surface area contributed by atoms with Gasteiger partial charge in [0.2, 0.25) is 15.9 Å². The molecule has 1 fully saturated rings. The van der Waals surface area contributed by atoms with E-state index in [4.69, 9.17) is 11.6 Å². The number of aromatic nitrogens is 1. The summed E-state index contributed by atoms with van der Waals surface area (Å²) >= 11 is 5.57. The molecule has 0 bridgehead atoms. The highest BCUT2D eigenvalue weighted by Crippen LogP contribution is 2.36. The minimum atomic E-state index is -4.76. The number of amides is 1. The van der Waals surface area contributed by atoms with Crippen LogP contribution in [0, 0.1) is 0 Å². The Balaban J connectivity index is 1.63. The van der Waals surface area contributed by atoms with E-state index in [1.165, 1.54) is 0 Å². The first kappa shape index (κ1) is 22.5. The maximum atomic E-state index is 13.1. The average Bonchev–Trinajstić information content (AvgIpc) is 2.72. The largest absolute Gasteiger partial charge is 0.417 e. The van der Waals surface area contributed by atoms with Crippen molar-refractivity contribution in [3.63, 3.8) is 0 Å². The van der Waals surface area contributed by atoms with Crippen molar-refractivity contribution >= 4 is 27.5 Å². The standard InChI is InChI=1S/C19H19ClF3N3O3S/c20-17-3-2-15(13-16(17)19(21,22)23)30(28,29)26-11-9-25(10-12-26)18(27)4-1-14-5-7-24-8-6-14/h2-3,5-8,13H,1,4,9-12H2. The third-order valence-corrected chi connectivity index (χ3v) is 7.07. The van der Waals surface area contributed by atoms with Crippen LogP contribution in [0.5, 0.6) is 0 Å². The van der Waals surface area contributed by atoms with E-state index in [-0.39, 0.29) is 38.5 Å². The van der Waals surface area contributed by atoms with Crippen molar-refractivity contribution < 1.29 is 26.4 Å². The summed E-state index contributed by atoms with van der Waals surface area (Å²) in [6.45, 7) is 0.364. The van der Waals surface area contributed by atoms with Crippen LogP contribution in [-0.2, 0) is 27.4 Å². The van der Waals surface area contributed by atoms with E-state index in [2.05, 4.69) is 4.98 Å². The maximum absolute atomic E-state index is 13.1. The number of rotatable bonds is 5. The molecule has 0 spiro atoms. The van der Waals surface area contributed by atoms with Crippen LogP contribution in [-0.4, -0.2) is 54.7 Å². The van der Waals surface area contributed by atoms with Gasteiger partial charge in [-0.1, -0.05) is 11.6 Å². The van der Waals surface area contributed by atoms with Gasteiger partial charge in [0.25, 0.3) is 0 Å². The zero-order valence-corrected chi connectivity index (χ0v) is 17.3. The zero-order chi connectivity index (χ0) is 21.9. The molecule has 3 rings (SSSR count). The van der Waals surface area contributed by atoms with Crippen molar-refractivity contribution in [2.45, 2.75) is 23.9 Å². The van der Waals surface area contributed by atoms with Gasteiger partial charge in [-0.05, 0) is 42.3 Å². The van der Waals surface area contributed by atoms with E-state index >= 15 is 0 Å². The summed E-state index contributed by atoms with van der Waals surface area (Å²) in [7, 11) is -4.14. The van der Waals surface area contributed by atoms with Gasteiger partial charge in [-0.25, -0.2) is 8.42 Å². The molecule has 2 aromatic rings. The Morgan fingerprint density at radius 1 is 1.07 bits per heavy atom. The van der Waals surface area contributed by atoms with Gasteiger partial charge in [0, 0.05) is 45.0 Å². The fourth-order valence-corrected chi connectivity index (χ4v) is 4.84. The number of piperazine rings is 1. The molecule has 0 aliphatic carbocycles. The van der Waals surface area contributed by atoms with Crippen molar-refractivity contribution in [1.29, 1.82) is 0 Å². The molecular formula is C19H19ClF3N3O3S. The molecule has 1 aliphatic rings. The lowest BCUT2D eigenvalue weighted by Crippen LogP contribution is -2.50. The van der Waals surface area contributed by atoms with Crippen molar-refractivity contribution in [2.24, 2.45) is 0 Å². The van der Waals surface area contributed by atoms with E-state index in [9.17, 15) is 26.4 Å². The molecule has 0 N–H and O–H groups in total. The van der Waals surface area contributed by atoms with E-state index in [0.717, 1.165) is 22.0 Å². The number of nitrogens with zero attached hydrogens (tertiary/aromatic N) is 3. The third kappa shape index (κ3) is 5.11. The lowest BCUT2D eigenvalue weighted by atomic mass is 10.1. The van der Waals surface area contributed by atoms with E-state index in [1.54, 1.807) is 17.3 Å². The van der Waals surface area contributed by atoms with E-state index < -0.39 is 31.7 Å². The predicted octanol–water partition coefficient (Wildman–Crippen LogP) is 3.22. The minimum Gasteiger partial charge on any atom is -0.340 e. The number of alkyl halides is 3. The van der Waals surface area contributed by atoms with Crippen LogP contribution < -0.4 is 0 Å². The van der Waals surface area contributed by atoms with Gasteiger partial charge in [-0.2, -0.15) is 17.5 Å². The van der Waals surface area contributed by atoms with Crippen LogP contribution in [0.25, 0.3) is 0 Å². The van der Waals surface area contributed by atoms with Crippen molar-refractivity contribution in [3.8, 4) is 0 Å². The molecule has 162 valence electrons. The second-order valence-electron chi connectivity index (χ2n) is 6.78. The van der Waals surface area contributed by atoms with Gasteiger partial charge in [-0.15, -0.1) is 0 Å². The lowest BCUT2D eigenvalue weighted by molar-refractivity contribution is -0.137. The highest BCUT2D eigenvalue weighted by molar-refractivity contribution is 7.89. The van der Waals surface area contributed by atoms with Crippen LogP contribution >= 0.6 is 11.6 Å². The molecule has 1 aromatic carbocycles.